The van der Waals surface area contributed by atoms with E-state index in [0.29, 0.717) is 12.5 Å². The Morgan fingerprint density at radius 2 is 0.917 bits per heavy atom. The van der Waals surface area contributed by atoms with Crippen molar-refractivity contribution in [2.45, 2.75) is 194 Å². The lowest BCUT2D eigenvalue weighted by molar-refractivity contribution is -0.137. The highest BCUT2D eigenvalue weighted by molar-refractivity contribution is 5.66. The number of carboxylic acids is 1. The van der Waals surface area contributed by atoms with Gasteiger partial charge in [0.25, 0.3) is 0 Å². The van der Waals surface area contributed by atoms with Gasteiger partial charge in [-0.2, -0.15) is 0 Å². The SMILES string of the molecule is CCCCCCCCC=CCCCCCCCC(=O)O.CCCCCCCCCCCCCC(C)N. The molecular formula is C33H67NO2. The van der Waals surface area contributed by atoms with Crippen LogP contribution in [0, 0.1) is 0 Å². The van der Waals surface area contributed by atoms with Crippen molar-refractivity contribution in [1.82, 2.24) is 0 Å². The van der Waals surface area contributed by atoms with E-state index in [0.717, 1.165) is 12.8 Å². The largest absolute Gasteiger partial charge is 0.481 e. The maximum atomic E-state index is 10.3. The summed E-state index contributed by atoms with van der Waals surface area (Å²) in [7, 11) is 0. The van der Waals surface area contributed by atoms with Crippen molar-refractivity contribution in [3.05, 3.63) is 12.2 Å². The third-order valence-electron chi connectivity index (χ3n) is 6.92. The van der Waals surface area contributed by atoms with E-state index in [9.17, 15) is 4.79 Å². The lowest BCUT2D eigenvalue weighted by Crippen LogP contribution is -2.13. The highest BCUT2D eigenvalue weighted by Crippen LogP contribution is 2.12. The number of hydrogen-bond acceptors (Lipinski definition) is 2. The first-order valence-electron chi connectivity index (χ1n) is 16.2. The van der Waals surface area contributed by atoms with Crippen molar-refractivity contribution in [1.29, 1.82) is 0 Å². The smallest absolute Gasteiger partial charge is 0.303 e. The molecule has 216 valence electrons. The second-order valence-electron chi connectivity index (χ2n) is 11.0. The van der Waals surface area contributed by atoms with Gasteiger partial charge in [-0.05, 0) is 45.4 Å². The van der Waals surface area contributed by atoms with Crippen LogP contribution in [0.15, 0.2) is 12.2 Å². The zero-order valence-electron chi connectivity index (χ0n) is 25.0. The molecule has 0 fully saturated rings. The summed E-state index contributed by atoms with van der Waals surface area (Å²) < 4.78 is 0. The van der Waals surface area contributed by atoms with Crippen molar-refractivity contribution < 1.29 is 9.90 Å². The van der Waals surface area contributed by atoms with Gasteiger partial charge in [0, 0.05) is 12.5 Å². The number of carbonyl (C=O) groups is 1. The first-order chi connectivity index (χ1) is 17.5. The predicted molar refractivity (Wildman–Crippen MR) is 162 cm³/mol. The fourth-order valence-corrected chi connectivity index (χ4v) is 4.48. The van der Waals surface area contributed by atoms with Crippen LogP contribution in [0.1, 0.15) is 188 Å². The summed E-state index contributed by atoms with van der Waals surface area (Å²) in [6.45, 7) is 6.65. The van der Waals surface area contributed by atoms with Crippen LogP contribution in [0.25, 0.3) is 0 Å². The van der Waals surface area contributed by atoms with Gasteiger partial charge in [-0.3, -0.25) is 4.79 Å². The van der Waals surface area contributed by atoms with Crippen molar-refractivity contribution in [2.24, 2.45) is 5.73 Å². The Morgan fingerprint density at radius 3 is 1.28 bits per heavy atom. The Morgan fingerprint density at radius 1 is 0.583 bits per heavy atom. The molecule has 1 unspecified atom stereocenters. The third kappa shape index (κ3) is 40.3. The summed E-state index contributed by atoms with van der Waals surface area (Å²) in [6, 6.07) is 0.401. The molecule has 0 saturated heterocycles. The molecule has 3 N–H and O–H groups in total. The molecule has 0 aliphatic rings. The van der Waals surface area contributed by atoms with E-state index in [1.807, 2.05) is 0 Å². The van der Waals surface area contributed by atoms with Crippen LogP contribution in [-0.2, 0) is 4.79 Å². The Balaban J connectivity index is 0. The maximum absolute atomic E-state index is 10.3. The normalized spacial score (nSPS) is 12.0. The van der Waals surface area contributed by atoms with E-state index in [1.54, 1.807) is 0 Å². The Bertz CT molecular complexity index is 433. The number of rotatable bonds is 27. The van der Waals surface area contributed by atoms with Gasteiger partial charge in [0.1, 0.15) is 0 Å². The van der Waals surface area contributed by atoms with Crippen LogP contribution >= 0.6 is 0 Å². The average Bonchev–Trinajstić information content (AvgIpc) is 2.85. The number of nitrogens with two attached hydrogens (primary N) is 1. The minimum Gasteiger partial charge on any atom is -0.481 e. The summed E-state index contributed by atoms with van der Waals surface area (Å²) in [4.78, 5) is 10.3. The summed E-state index contributed by atoms with van der Waals surface area (Å²) >= 11 is 0. The molecule has 0 amide bonds. The molecule has 0 aromatic heterocycles. The molecular weight excluding hydrogens is 442 g/mol. The molecule has 0 saturated carbocycles. The van der Waals surface area contributed by atoms with Crippen LogP contribution in [0.3, 0.4) is 0 Å². The molecule has 0 aliphatic carbocycles. The number of allylic oxidation sites excluding steroid dienone is 2. The van der Waals surface area contributed by atoms with Gasteiger partial charge in [0.2, 0.25) is 0 Å². The molecule has 0 heterocycles. The van der Waals surface area contributed by atoms with Crippen LogP contribution < -0.4 is 5.73 Å². The van der Waals surface area contributed by atoms with Crippen LogP contribution in [0.2, 0.25) is 0 Å². The molecule has 0 radical (unpaired) electrons. The molecule has 0 aromatic carbocycles. The molecule has 0 spiro atoms. The van der Waals surface area contributed by atoms with Crippen molar-refractivity contribution >= 4 is 5.97 Å². The standard InChI is InChI=1S/C18H34O2.C15H33N/c1-2-3-4-5-6-7-8-9-10-11-12-13-14-15-16-17-18(19)20;1-3-4-5-6-7-8-9-10-11-12-13-14-15(2)16/h9-10H,2-8,11-17H2,1H3,(H,19,20);15H,3-14,16H2,1-2H3. The molecule has 0 aromatic rings. The lowest BCUT2D eigenvalue weighted by Gasteiger charge is -2.04. The second-order valence-corrected chi connectivity index (χ2v) is 11.0. The van der Waals surface area contributed by atoms with E-state index < -0.39 is 5.97 Å². The van der Waals surface area contributed by atoms with E-state index in [2.05, 4.69) is 32.9 Å². The van der Waals surface area contributed by atoms with Crippen LogP contribution in [-0.4, -0.2) is 17.1 Å². The predicted octanol–water partition coefficient (Wildman–Crippen LogP) is 11.1. The van der Waals surface area contributed by atoms with Gasteiger partial charge in [0.15, 0.2) is 0 Å². The summed E-state index contributed by atoms with van der Waals surface area (Å²) in [5.74, 6) is -0.664. The number of aliphatic carboxylic acids is 1. The molecule has 0 rings (SSSR count). The molecule has 3 nitrogen and oxygen atoms in total. The van der Waals surface area contributed by atoms with Crippen LogP contribution in [0.4, 0.5) is 0 Å². The Labute approximate surface area is 227 Å². The Hall–Kier alpha value is -0.830. The molecule has 1 atom stereocenters. The summed E-state index contributed by atoms with van der Waals surface area (Å²) in [5, 5.41) is 8.51. The van der Waals surface area contributed by atoms with Gasteiger partial charge in [-0.1, -0.05) is 148 Å². The molecule has 36 heavy (non-hydrogen) atoms. The van der Waals surface area contributed by atoms with Crippen molar-refractivity contribution in [2.75, 3.05) is 0 Å². The van der Waals surface area contributed by atoms with E-state index in [-0.39, 0.29) is 0 Å². The Kier molecular flexibility index (Phi) is 35.4. The van der Waals surface area contributed by atoms with Crippen molar-refractivity contribution in [3.8, 4) is 0 Å². The molecule has 3 heteroatoms. The molecule has 0 aliphatic heterocycles. The topological polar surface area (TPSA) is 63.3 Å². The zero-order chi connectivity index (χ0) is 27.0. The second kappa shape index (κ2) is 34.2. The fraction of sp³-hybridized carbons (Fsp3) is 0.909. The minimum atomic E-state index is -0.664. The van der Waals surface area contributed by atoms with E-state index in [4.69, 9.17) is 10.8 Å². The van der Waals surface area contributed by atoms with Crippen LogP contribution in [0.5, 0.6) is 0 Å². The highest BCUT2D eigenvalue weighted by Gasteiger charge is 1.96. The minimum absolute atomic E-state index is 0.332. The molecule has 0 bridgehead atoms. The third-order valence-corrected chi connectivity index (χ3v) is 6.92. The first-order valence-corrected chi connectivity index (χ1v) is 16.2. The van der Waals surface area contributed by atoms with Gasteiger partial charge >= 0.3 is 5.97 Å². The monoisotopic (exact) mass is 510 g/mol. The first kappa shape index (κ1) is 37.3. The van der Waals surface area contributed by atoms with Crippen molar-refractivity contribution in [3.63, 3.8) is 0 Å². The van der Waals surface area contributed by atoms with E-state index >= 15 is 0 Å². The van der Waals surface area contributed by atoms with E-state index in [1.165, 1.54) is 148 Å². The van der Waals surface area contributed by atoms with Gasteiger partial charge < -0.3 is 10.8 Å². The fourth-order valence-electron chi connectivity index (χ4n) is 4.48. The van der Waals surface area contributed by atoms with Gasteiger partial charge in [-0.15, -0.1) is 0 Å². The summed E-state index contributed by atoms with van der Waals surface area (Å²) in [5.41, 5.74) is 5.71. The highest BCUT2D eigenvalue weighted by atomic mass is 16.4. The van der Waals surface area contributed by atoms with Gasteiger partial charge in [0.05, 0.1) is 0 Å². The average molecular weight is 510 g/mol. The summed E-state index contributed by atoms with van der Waals surface area (Å²) in [6.07, 6.45) is 38.1. The number of unbranched alkanes of at least 4 members (excludes halogenated alkanes) is 21. The van der Waals surface area contributed by atoms with Gasteiger partial charge in [-0.25, -0.2) is 0 Å². The number of hydrogen-bond donors (Lipinski definition) is 2. The lowest BCUT2D eigenvalue weighted by atomic mass is 10.0. The number of carboxylic acid groups (broad SMARTS) is 1. The zero-order valence-corrected chi connectivity index (χ0v) is 25.0. The quantitative estimate of drug-likeness (QED) is 0.0854. The maximum Gasteiger partial charge on any atom is 0.303 e.